The summed E-state index contributed by atoms with van der Waals surface area (Å²) in [5.74, 6) is -0.820. The Hall–Kier alpha value is -2.38. The highest BCUT2D eigenvalue weighted by Gasteiger charge is 2.36. The van der Waals surface area contributed by atoms with Crippen LogP contribution in [0.15, 0.2) is 30.5 Å². The Morgan fingerprint density at radius 2 is 1.77 bits per heavy atom. The molecular weight excluding hydrogens is 350 g/mol. The highest BCUT2D eigenvalue weighted by Crippen LogP contribution is 2.37. The number of hydrogen-bond acceptors (Lipinski definition) is 4. The molecule has 142 valence electrons. The van der Waals surface area contributed by atoms with Crippen LogP contribution in [0.5, 0.6) is 6.01 Å². The van der Waals surface area contributed by atoms with Gasteiger partial charge in [0.25, 0.3) is 0 Å². The van der Waals surface area contributed by atoms with Crippen LogP contribution in [-0.2, 0) is 6.18 Å². The number of halogens is 4. The fourth-order valence-electron chi connectivity index (χ4n) is 2.36. The Balaban J connectivity index is 2.25. The van der Waals surface area contributed by atoms with Crippen LogP contribution in [0.25, 0.3) is 0 Å². The zero-order valence-electron chi connectivity index (χ0n) is 14.7. The van der Waals surface area contributed by atoms with Crippen molar-refractivity contribution in [2.24, 2.45) is 0 Å². The highest BCUT2D eigenvalue weighted by molar-refractivity contribution is 5.62. The number of ether oxygens (including phenoxy) is 1. The van der Waals surface area contributed by atoms with Gasteiger partial charge < -0.3 is 9.64 Å². The molecule has 0 amide bonds. The summed E-state index contributed by atoms with van der Waals surface area (Å²) in [6, 6.07) is 4.99. The molecule has 0 unspecified atom stereocenters. The van der Waals surface area contributed by atoms with Gasteiger partial charge in [-0.25, -0.2) is 9.37 Å². The molecule has 0 N–H and O–H groups in total. The lowest BCUT2D eigenvalue weighted by molar-refractivity contribution is -0.137. The number of hydrogen-bond donors (Lipinski definition) is 0. The van der Waals surface area contributed by atoms with Crippen LogP contribution in [0.2, 0.25) is 0 Å². The van der Waals surface area contributed by atoms with Crippen LogP contribution in [0.1, 0.15) is 38.2 Å². The van der Waals surface area contributed by atoms with Gasteiger partial charge in [0.15, 0.2) is 5.82 Å². The largest absolute Gasteiger partial charge is 0.463 e. The van der Waals surface area contributed by atoms with Gasteiger partial charge >= 0.3 is 12.2 Å². The van der Waals surface area contributed by atoms with Gasteiger partial charge in [-0.3, -0.25) is 0 Å². The van der Waals surface area contributed by atoms with E-state index in [1.807, 2.05) is 0 Å². The minimum atomic E-state index is -4.62. The third-order valence-electron chi connectivity index (χ3n) is 3.81. The van der Waals surface area contributed by atoms with Crippen LogP contribution in [0.3, 0.4) is 0 Å². The predicted molar refractivity (Wildman–Crippen MR) is 91.1 cm³/mol. The van der Waals surface area contributed by atoms with Gasteiger partial charge in [-0.2, -0.15) is 18.2 Å². The maximum Gasteiger partial charge on any atom is 0.421 e. The van der Waals surface area contributed by atoms with Crippen molar-refractivity contribution >= 4 is 11.5 Å². The van der Waals surface area contributed by atoms with Crippen LogP contribution in [0.4, 0.5) is 29.1 Å². The molecule has 4 nitrogen and oxygen atoms in total. The Kier molecular flexibility index (Phi) is 6.76. The highest BCUT2D eigenvalue weighted by atomic mass is 19.4. The van der Waals surface area contributed by atoms with E-state index in [4.69, 9.17) is 4.74 Å². The summed E-state index contributed by atoms with van der Waals surface area (Å²) in [6.45, 7) is 2.42. The van der Waals surface area contributed by atoms with Gasteiger partial charge in [0, 0.05) is 18.9 Å². The zero-order valence-corrected chi connectivity index (χ0v) is 14.7. The molecule has 0 saturated heterocycles. The van der Waals surface area contributed by atoms with E-state index in [-0.39, 0.29) is 11.8 Å². The number of rotatable bonds is 8. The molecule has 2 aromatic rings. The summed E-state index contributed by atoms with van der Waals surface area (Å²) in [6.07, 6.45) is -0.0208. The molecule has 0 bridgehead atoms. The molecule has 0 spiro atoms. The van der Waals surface area contributed by atoms with E-state index < -0.39 is 17.6 Å². The molecule has 2 rings (SSSR count). The monoisotopic (exact) mass is 371 g/mol. The summed E-state index contributed by atoms with van der Waals surface area (Å²) in [5, 5.41) is 0. The van der Waals surface area contributed by atoms with Crippen LogP contribution in [0, 0.1) is 5.82 Å². The topological polar surface area (TPSA) is 38.2 Å². The van der Waals surface area contributed by atoms with E-state index in [1.54, 1.807) is 0 Å². The second-order valence-corrected chi connectivity index (χ2v) is 5.83. The van der Waals surface area contributed by atoms with Crippen molar-refractivity contribution in [3.63, 3.8) is 0 Å². The van der Waals surface area contributed by atoms with Crippen molar-refractivity contribution in [3.05, 3.63) is 41.8 Å². The third kappa shape index (κ3) is 5.31. The number of benzene rings is 1. The van der Waals surface area contributed by atoms with Crippen molar-refractivity contribution < 1.29 is 22.3 Å². The van der Waals surface area contributed by atoms with Gasteiger partial charge in [0.2, 0.25) is 0 Å². The predicted octanol–water partition coefficient (Wildman–Crippen LogP) is 5.36. The summed E-state index contributed by atoms with van der Waals surface area (Å²) < 4.78 is 58.4. The van der Waals surface area contributed by atoms with E-state index in [0.717, 1.165) is 25.7 Å². The molecule has 0 radical (unpaired) electrons. The summed E-state index contributed by atoms with van der Waals surface area (Å²) in [4.78, 5) is 8.84. The van der Waals surface area contributed by atoms with E-state index in [1.165, 1.54) is 36.2 Å². The first-order valence-corrected chi connectivity index (χ1v) is 8.39. The molecule has 0 atom stereocenters. The molecule has 1 aromatic heterocycles. The van der Waals surface area contributed by atoms with E-state index >= 15 is 0 Å². The maximum atomic E-state index is 13.3. The van der Waals surface area contributed by atoms with Crippen molar-refractivity contribution in [2.75, 3.05) is 18.6 Å². The first-order valence-electron chi connectivity index (χ1n) is 8.39. The Morgan fingerprint density at radius 3 is 2.38 bits per heavy atom. The lowest BCUT2D eigenvalue weighted by atomic mass is 10.2. The molecule has 0 aliphatic heterocycles. The molecule has 0 aliphatic rings. The first-order chi connectivity index (χ1) is 12.3. The standard InChI is InChI=1S/C18H21F4N3O/c1-3-4-5-6-11-26-17-23-12-15(18(20,21)22)16(24-17)25(2)14-9-7-13(19)8-10-14/h7-10,12H,3-6,11H2,1-2H3. The van der Waals surface area contributed by atoms with E-state index in [0.29, 0.717) is 18.5 Å². The van der Waals surface area contributed by atoms with Gasteiger partial charge in [-0.1, -0.05) is 26.2 Å². The molecule has 0 saturated carbocycles. The smallest absolute Gasteiger partial charge is 0.421 e. The average molecular weight is 371 g/mol. The van der Waals surface area contributed by atoms with Gasteiger partial charge in [-0.15, -0.1) is 0 Å². The fraction of sp³-hybridized carbons (Fsp3) is 0.444. The third-order valence-corrected chi connectivity index (χ3v) is 3.81. The molecule has 1 heterocycles. The summed E-state index contributed by atoms with van der Waals surface area (Å²) >= 11 is 0. The second kappa shape index (κ2) is 8.82. The minimum Gasteiger partial charge on any atom is -0.463 e. The van der Waals surface area contributed by atoms with Crippen molar-refractivity contribution in [1.29, 1.82) is 0 Å². The number of alkyl halides is 3. The molecule has 26 heavy (non-hydrogen) atoms. The zero-order chi connectivity index (χ0) is 19.2. The summed E-state index contributed by atoms with van der Waals surface area (Å²) in [7, 11) is 1.43. The Morgan fingerprint density at radius 1 is 1.08 bits per heavy atom. The molecule has 1 aromatic carbocycles. The quantitative estimate of drug-likeness (QED) is 0.462. The van der Waals surface area contributed by atoms with Crippen molar-refractivity contribution in [1.82, 2.24) is 9.97 Å². The molecule has 8 heteroatoms. The lowest BCUT2D eigenvalue weighted by Gasteiger charge is -2.22. The number of anilines is 2. The second-order valence-electron chi connectivity index (χ2n) is 5.83. The first kappa shape index (κ1) is 19.9. The van der Waals surface area contributed by atoms with Gasteiger partial charge in [0.1, 0.15) is 11.4 Å². The molecule has 0 aliphatic carbocycles. The van der Waals surface area contributed by atoms with E-state index in [2.05, 4.69) is 16.9 Å². The van der Waals surface area contributed by atoms with Crippen molar-refractivity contribution in [3.8, 4) is 6.01 Å². The van der Waals surface area contributed by atoms with Crippen LogP contribution < -0.4 is 9.64 Å². The summed E-state index contributed by atoms with van der Waals surface area (Å²) in [5.41, 5.74) is -0.618. The Labute approximate surface area is 149 Å². The number of aromatic nitrogens is 2. The minimum absolute atomic E-state index is 0.113. The van der Waals surface area contributed by atoms with Gasteiger partial charge in [-0.05, 0) is 30.7 Å². The molecule has 0 fully saturated rings. The Bertz CT molecular complexity index is 705. The lowest BCUT2D eigenvalue weighted by Crippen LogP contribution is -2.19. The van der Waals surface area contributed by atoms with Crippen LogP contribution in [-0.4, -0.2) is 23.6 Å². The van der Waals surface area contributed by atoms with Gasteiger partial charge in [0.05, 0.1) is 6.61 Å². The fourth-order valence-corrected chi connectivity index (χ4v) is 2.36. The van der Waals surface area contributed by atoms with E-state index in [9.17, 15) is 17.6 Å². The number of nitrogens with zero attached hydrogens (tertiary/aromatic N) is 3. The molecular formula is C18H21F4N3O. The van der Waals surface area contributed by atoms with Crippen LogP contribution >= 0.6 is 0 Å². The SMILES string of the molecule is CCCCCCOc1ncc(C(F)(F)F)c(N(C)c2ccc(F)cc2)n1. The maximum absolute atomic E-state index is 13.3. The van der Waals surface area contributed by atoms with Crippen molar-refractivity contribution in [2.45, 2.75) is 38.8 Å². The average Bonchev–Trinajstić information content (AvgIpc) is 2.60. The normalized spacial score (nSPS) is 11.5. The number of unbranched alkanes of at least 4 members (excludes halogenated alkanes) is 3.